The van der Waals surface area contributed by atoms with Gasteiger partial charge < -0.3 is 15.5 Å². The first kappa shape index (κ1) is 14.8. The van der Waals surface area contributed by atoms with Gasteiger partial charge in [-0.25, -0.2) is 0 Å². The van der Waals surface area contributed by atoms with Crippen molar-refractivity contribution in [3.8, 4) is 11.5 Å². The highest BCUT2D eigenvalue weighted by Crippen LogP contribution is 2.22. The summed E-state index contributed by atoms with van der Waals surface area (Å²) < 4.78 is 0. The third-order valence-electron chi connectivity index (χ3n) is 2.50. The molecule has 0 aliphatic heterocycles. The summed E-state index contributed by atoms with van der Waals surface area (Å²) in [6, 6.07) is 3.89. The molecule has 1 amide bonds. The Morgan fingerprint density at radius 2 is 2.06 bits per heavy atom. The molecule has 1 aromatic rings. The summed E-state index contributed by atoms with van der Waals surface area (Å²) in [6.07, 6.45) is 0.844. The summed E-state index contributed by atoms with van der Waals surface area (Å²) in [5.74, 6) is -0.0977. The first-order valence-electron chi connectivity index (χ1n) is 5.82. The van der Waals surface area contributed by atoms with Crippen LogP contribution in [0.5, 0.6) is 11.5 Å². The normalized spacial score (nSPS) is 12.4. The molecule has 0 radical (unpaired) electrons. The number of benzene rings is 1. The third-order valence-corrected chi connectivity index (χ3v) is 3.28. The highest BCUT2D eigenvalue weighted by Gasteiger charge is 2.17. The van der Waals surface area contributed by atoms with Crippen molar-refractivity contribution in [2.24, 2.45) is 5.92 Å². The largest absolute Gasteiger partial charge is 0.508 e. The molecule has 0 aromatic heterocycles. The smallest absolute Gasteiger partial charge is 0.255 e. The molecule has 0 aliphatic rings. The van der Waals surface area contributed by atoms with Crippen LogP contribution in [0.15, 0.2) is 18.2 Å². The Hall–Kier alpha value is -1.23. The number of rotatable bonds is 5. The minimum absolute atomic E-state index is 0.000695. The zero-order chi connectivity index (χ0) is 13.7. The van der Waals surface area contributed by atoms with Gasteiger partial charge in [-0.3, -0.25) is 4.79 Å². The quantitative estimate of drug-likeness (QED) is 0.578. The van der Waals surface area contributed by atoms with Crippen LogP contribution in [0.2, 0.25) is 0 Å². The van der Waals surface area contributed by atoms with E-state index in [0.29, 0.717) is 11.2 Å². The Bertz CT molecular complexity index is 421. The van der Waals surface area contributed by atoms with Gasteiger partial charge in [-0.05, 0) is 30.5 Å². The van der Waals surface area contributed by atoms with Gasteiger partial charge in [0.25, 0.3) is 5.91 Å². The zero-order valence-corrected chi connectivity index (χ0v) is 12.1. The van der Waals surface area contributed by atoms with E-state index in [-0.39, 0.29) is 29.0 Å². The Balaban J connectivity index is 2.77. The first-order valence-corrected chi connectivity index (χ1v) is 6.95. The number of amides is 1. The number of aromatic hydroxyl groups is 2. The average molecular weight is 316 g/mol. The summed E-state index contributed by atoms with van der Waals surface area (Å²) in [5.41, 5.74) is 0.0877. The second kappa shape index (κ2) is 6.64. The van der Waals surface area contributed by atoms with E-state index in [1.54, 1.807) is 0 Å². The summed E-state index contributed by atoms with van der Waals surface area (Å²) in [7, 11) is 0. The average Bonchev–Trinajstić information content (AvgIpc) is 2.30. The first-order chi connectivity index (χ1) is 8.43. The van der Waals surface area contributed by atoms with Crippen LogP contribution in [0.1, 0.15) is 30.6 Å². The van der Waals surface area contributed by atoms with Crippen molar-refractivity contribution in [3.63, 3.8) is 0 Å². The molecular formula is C13H18BrNO3. The van der Waals surface area contributed by atoms with Crippen molar-refractivity contribution in [1.82, 2.24) is 5.32 Å². The molecule has 1 rings (SSSR count). The molecule has 3 N–H and O–H groups in total. The van der Waals surface area contributed by atoms with Gasteiger partial charge in [0.05, 0.1) is 5.56 Å². The standard InChI is InChI=1S/C13H18BrNO3/c1-8(2)5-9(7-14)15-13(18)11-6-10(16)3-4-12(11)17/h3-4,6,8-9,16-17H,5,7H2,1-2H3,(H,15,18). The lowest BCUT2D eigenvalue weighted by atomic mass is 10.0. The summed E-state index contributed by atoms with van der Waals surface area (Å²) >= 11 is 3.35. The molecule has 1 aromatic carbocycles. The van der Waals surface area contributed by atoms with E-state index >= 15 is 0 Å². The molecular weight excluding hydrogens is 298 g/mol. The van der Waals surface area contributed by atoms with Crippen LogP contribution in [0.4, 0.5) is 0 Å². The van der Waals surface area contributed by atoms with E-state index in [4.69, 9.17) is 0 Å². The number of carbonyl (C=O) groups excluding carboxylic acids is 1. The number of phenols is 2. The monoisotopic (exact) mass is 315 g/mol. The maximum Gasteiger partial charge on any atom is 0.255 e. The van der Waals surface area contributed by atoms with Crippen molar-refractivity contribution in [1.29, 1.82) is 0 Å². The molecule has 0 bridgehead atoms. The minimum atomic E-state index is -0.381. The van der Waals surface area contributed by atoms with Crippen LogP contribution in [0, 0.1) is 5.92 Å². The molecule has 0 fully saturated rings. The van der Waals surface area contributed by atoms with E-state index in [2.05, 4.69) is 35.1 Å². The fourth-order valence-corrected chi connectivity index (χ4v) is 2.12. The Morgan fingerprint density at radius 3 is 2.61 bits per heavy atom. The number of phenolic OH excluding ortho intramolecular Hbond substituents is 2. The predicted octanol–water partition coefficient (Wildman–Crippen LogP) is 2.64. The van der Waals surface area contributed by atoms with Gasteiger partial charge in [-0.15, -0.1) is 0 Å². The van der Waals surface area contributed by atoms with E-state index in [1.807, 2.05) is 0 Å². The number of hydrogen-bond donors (Lipinski definition) is 3. The molecule has 18 heavy (non-hydrogen) atoms. The van der Waals surface area contributed by atoms with E-state index in [9.17, 15) is 15.0 Å². The Kier molecular flexibility index (Phi) is 5.47. The molecule has 0 saturated heterocycles. The summed E-state index contributed by atoms with van der Waals surface area (Å²) in [6.45, 7) is 4.15. The van der Waals surface area contributed by atoms with E-state index in [0.717, 1.165) is 6.42 Å². The van der Waals surface area contributed by atoms with Gasteiger partial charge in [0.2, 0.25) is 0 Å². The number of hydrogen-bond acceptors (Lipinski definition) is 3. The van der Waals surface area contributed by atoms with Gasteiger partial charge in [-0.1, -0.05) is 29.8 Å². The van der Waals surface area contributed by atoms with E-state index in [1.165, 1.54) is 18.2 Å². The molecule has 0 spiro atoms. The lowest BCUT2D eigenvalue weighted by Gasteiger charge is -2.18. The molecule has 1 unspecified atom stereocenters. The van der Waals surface area contributed by atoms with Crippen LogP contribution in [-0.4, -0.2) is 27.5 Å². The lowest BCUT2D eigenvalue weighted by Crippen LogP contribution is -2.37. The number of alkyl halides is 1. The van der Waals surface area contributed by atoms with Gasteiger partial charge in [-0.2, -0.15) is 0 Å². The molecule has 1 atom stereocenters. The van der Waals surface area contributed by atoms with Crippen molar-refractivity contribution >= 4 is 21.8 Å². The highest BCUT2D eigenvalue weighted by atomic mass is 79.9. The SMILES string of the molecule is CC(C)CC(CBr)NC(=O)c1cc(O)ccc1O. The van der Waals surface area contributed by atoms with Crippen molar-refractivity contribution < 1.29 is 15.0 Å². The number of carbonyl (C=O) groups is 1. The topological polar surface area (TPSA) is 69.6 Å². The third kappa shape index (κ3) is 4.22. The van der Waals surface area contributed by atoms with Crippen molar-refractivity contribution in [2.75, 3.05) is 5.33 Å². The molecule has 0 aliphatic carbocycles. The Labute approximate surface area is 115 Å². The van der Waals surface area contributed by atoms with Crippen molar-refractivity contribution in [2.45, 2.75) is 26.3 Å². The zero-order valence-electron chi connectivity index (χ0n) is 10.5. The molecule has 0 saturated carbocycles. The fraction of sp³-hybridized carbons (Fsp3) is 0.462. The molecule has 100 valence electrons. The van der Waals surface area contributed by atoms with Gasteiger partial charge >= 0.3 is 0 Å². The van der Waals surface area contributed by atoms with Crippen LogP contribution in [-0.2, 0) is 0 Å². The van der Waals surface area contributed by atoms with Crippen LogP contribution >= 0.6 is 15.9 Å². The van der Waals surface area contributed by atoms with Gasteiger partial charge in [0.1, 0.15) is 11.5 Å². The molecule has 0 heterocycles. The fourth-order valence-electron chi connectivity index (χ4n) is 1.70. The summed E-state index contributed by atoms with van der Waals surface area (Å²) in [4.78, 5) is 12.0. The van der Waals surface area contributed by atoms with Gasteiger partial charge in [0, 0.05) is 11.4 Å². The second-order valence-corrected chi connectivity index (χ2v) is 5.30. The van der Waals surface area contributed by atoms with Crippen LogP contribution in [0.25, 0.3) is 0 Å². The summed E-state index contributed by atoms with van der Waals surface area (Å²) in [5, 5.41) is 22.4. The van der Waals surface area contributed by atoms with Crippen LogP contribution < -0.4 is 5.32 Å². The maximum atomic E-state index is 12.0. The van der Waals surface area contributed by atoms with E-state index < -0.39 is 0 Å². The van der Waals surface area contributed by atoms with Gasteiger partial charge in [0.15, 0.2) is 0 Å². The van der Waals surface area contributed by atoms with Crippen molar-refractivity contribution in [3.05, 3.63) is 23.8 Å². The number of halogens is 1. The second-order valence-electron chi connectivity index (χ2n) is 4.66. The van der Waals surface area contributed by atoms with Crippen LogP contribution in [0.3, 0.4) is 0 Å². The Morgan fingerprint density at radius 1 is 1.39 bits per heavy atom. The number of nitrogens with one attached hydrogen (secondary N) is 1. The molecule has 4 nitrogen and oxygen atoms in total. The highest BCUT2D eigenvalue weighted by molar-refractivity contribution is 9.09. The maximum absolute atomic E-state index is 12.0. The minimum Gasteiger partial charge on any atom is -0.508 e. The lowest BCUT2D eigenvalue weighted by molar-refractivity contribution is 0.0934. The predicted molar refractivity (Wildman–Crippen MR) is 74.3 cm³/mol. The molecule has 5 heteroatoms.